The molecule has 0 saturated carbocycles. The SMILES string of the molecule is c1ccc(-c2c(-c3ccc(N(c4ccc(-c5ccc6oc7c(-c8ccccc8)cccc7c6c5)cc4)c4ccc(-c5cccc6ccccc56)cc4)cc3)c3ccccc3c3ccccc23)cc1. The van der Waals surface area contributed by atoms with Crippen molar-refractivity contribution in [2.75, 3.05) is 4.90 Å². The molecule has 0 aliphatic rings. The number of para-hydroxylation sites is 1. The van der Waals surface area contributed by atoms with Gasteiger partial charge >= 0.3 is 0 Å². The van der Waals surface area contributed by atoms with Crippen LogP contribution in [0.5, 0.6) is 0 Å². The van der Waals surface area contributed by atoms with E-state index in [9.17, 15) is 0 Å². The van der Waals surface area contributed by atoms with E-state index in [2.05, 4.69) is 260 Å². The van der Waals surface area contributed by atoms with E-state index in [0.29, 0.717) is 0 Å². The summed E-state index contributed by atoms with van der Waals surface area (Å²) in [5.74, 6) is 0. The van der Waals surface area contributed by atoms with Gasteiger partial charge in [0.2, 0.25) is 0 Å². The molecule has 0 amide bonds. The third-order valence-corrected chi connectivity index (χ3v) is 13.7. The summed E-state index contributed by atoms with van der Waals surface area (Å²) in [4.78, 5) is 2.37. The van der Waals surface area contributed by atoms with Crippen molar-refractivity contribution >= 4 is 71.3 Å². The van der Waals surface area contributed by atoms with E-state index < -0.39 is 0 Å². The van der Waals surface area contributed by atoms with Gasteiger partial charge in [-0.25, -0.2) is 0 Å². The van der Waals surface area contributed by atoms with Gasteiger partial charge in [-0.1, -0.05) is 212 Å². The molecule has 0 unspecified atom stereocenters. The summed E-state index contributed by atoms with van der Waals surface area (Å²) in [6.45, 7) is 0. The second-order valence-electron chi connectivity index (χ2n) is 17.6. The van der Waals surface area contributed by atoms with E-state index in [1.165, 1.54) is 65.7 Å². The highest BCUT2D eigenvalue weighted by atomic mass is 16.3. The summed E-state index contributed by atoms with van der Waals surface area (Å²) in [5, 5.41) is 9.73. The van der Waals surface area contributed by atoms with Crippen LogP contribution >= 0.6 is 0 Å². The highest BCUT2D eigenvalue weighted by molar-refractivity contribution is 6.21. The lowest BCUT2D eigenvalue weighted by molar-refractivity contribution is 0.670. The number of hydrogen-bond acceptors (Lipinski definition) is 2. The average Bonchev–Trinajstić information content (AvgIpc) is 3.80. The quantitative estimate of drug-likeness (QED) is 0.142. The molecule has 13 rings (SSSR count). The van der Waals surface area contributed by atoms with Crippen LogP contribution in [0.4, 0.5) is 17.1 Å². The molecule has 0 saturated heterocycles. The van der Waals surface area contributed by atoms with Crippen molar-refractivity contribution < 1.29 is 4.42 Å². The molecule has 68 heavy (non-hydrogen) atoms. The molecule has 0 atom stereocenters. The Morgan fingerprint density at radius 3 is 1.31 bits per heavy atom. The van der Waals surface area contributed by atoms with Gasteiger partial charge in [0.15, 0.2) is 0 Å². The zero-order valence-electron chi connectivity index (χ0n) is 37.2. The van der Waals surface area contributed by atoms with Gasteiger partial charge in [-0.3, -0.25) is 0 Å². The van der Waals surface area contributed by atoms with Gasteiger partial charge in [0.05, 0.1) is 0 Å². The molecule has 318 valence electrons. The molecule has 0 aliphatic heterocycles. The van der Waals surface area contributed by atoms with E-state index in [1.807, 2.05) is 6.07 Å². The fourth-order valence-electron chi connectivity index (χ4n) is 10.5. The zero-order chi connectivity index (χ0) is 45.0. The lowest BCUT2D eigenvalue weighted by Gasteiger charge is -2.26. The third-order valence-electron chi connectivity index (χ3n) is 13.7. The zero-order valence-corrected chi connectivity index (χ0v) is 37.2. The van der Waals surface area contributed by atoms with Crippen molar-refractivity contribution in [1.29, 1.82) is 0 Å². The maximum Gasteiger partial charge on any atom is 0.143 e. The molecule has 12 aromatic carbocycles. The Morgan fingerprint density at radius 1 is 0.250 bits per heavy atom. The van der Waals surface area contributed by atoms with Crippen molar-refractivity contribution in [3.8, 4) is 55.6 Å². The van der Waals surface area contributed by atoms with E-state index in [0.717, 1.165) is 61.3 Å². The Balaban J connectivity index is 0.923. The summed E-state index contributed by atoms with van der Waals surface area (Å²) in [7, 11) is 0. The number of furan rings is 1. The van der Waals surface area contributed by atoms with E-state index in [-0.39, 0.29) is 0 Å². The molecule has 0 spiro atoms. The summed E-state index contributed by atoms with van der Waals surface area (Å²) in [5.41, 5.74) is 16.9. The molecular formula is C66H43NO. The van der Waals surface area contributed by atoms with Gasteiger partial charge in [-0.2, -0.15) is 0 Å². The van der Waals surface area contributed by atoms with Gasteiger partial charge < -0.3 is 9.32 Å². The number of rotatable bonds is 8. The van der Waals surface area contributed by atoms with Gasteiger partial charge in [0.25, 0.3) is 0 Å². The molecular weight excluding hydrogens is 823 g/mol. The lowest BCUT2D eigenvalue weighted by atomic mass is 9.85. The van der Waals surface area contributed by atoms with Gasteiger partial charge in [0, 0.05) is 33.4 Å². The van der Waals surface area contributed by atoms with Crippen molar-refractivity contribution in [3.63, 3.8) is 0 Å². The van der Waals surface area contributed by atoms with Crippen molar-refractivity contribution in [2.24, 2.45) is 0 Å². The van der Waals surface area contributed by atoms with Gasteiger partial charge in [-0.15, -0.1) is 0 Å². The lowest BCUT2D eigenvalue weighted by Crippen LogP contribution is -2.09. The van der Waals surface area contributed by atoms with Crippen LogP contribution in [0.15, 0.2) is 265 Å². The fraction of sp³-hybridized carbons (Fsp3) is 0. The predicted molar refractivity (Wildman–Crippen MR) is 288 cm³/mol. The Morgan fingerprint density at radius 2 is 0.676 bits per heavy atom. The minimum absolute atomic E-state index is 0.887. The molecule has 13 aromatic rings. The Bertz CT molecular complexity index is 3980. The fourth-order valence-corrected chi connectivity index (χ4v) is 10.5. The molecule has 2 heteroatoms. The molecule has 0 aliphatic carbocycles. The normalized spacial score (nSPS) is 11.5. The first kappa shape index (κ1) is 39.4. The largest absolute Gasteiger partial charge is 0.455 e. The second-order valence-corrected chi connectivity index (χ2v) is 17.6. The molecule has 0 N–H and O–H groups in total. The monoisotopic (exact) mass is 865 g/mol. The number of hydrogen-bond donors (Lipinski definition) is 0. The van der Waals surface area contributed by atoms with Crippen molar-refractivity contribution in [2.45, 2.75) is 0 Å². The van der Waals surface area contributed by atoms with Gasteiger partial charge in [0.1, 0.15) is 11.2 Å². The minimum Gasteiger partial charge on any atom is -0.455 e. The molecule has 1 heterocycles. The van der Waals surface area contributed by atoms with E-state index >= 15 is 0 Å². The Kier molecular flexibility index (Phi) is 9.54. The average molecular weight is 866 g/mol. The number of benzene rings is 12. The molecule has 0 radical (unpaired) electrons. The smallest absolute Gasteiger partial charge is 0.143 e. The first-order chi connectivity index (χ1) is 33.7. The summed E-state index contributed by atoms with van der Waals surface area (Å²) in [6, 6.07) is 94.3. The van der Waals surface area contributed by atoms with Crippen molar-refractivity contribution in [1.82, 2.24) is 0 Å². The number of anilines is 3. The third kappa shape index (κ3) is 6.73. The Hall–Kier alpha value is -8.98. The summed E-state index contributed by atoms with van der Waals surface area (Å²) in [6.07, 6.45) is 0. The van der Waals surface area contributed by atoms with E-state index in [4.69, 9.17) is 4.42 Å². The molecule has 0 fully saturated rings. The van der Waals surface area contributed by atoms with Crippen LogP contribution in [0.2, 0.25) is 0 Å². The maximum atomic E-state index is 6.53. The van der Waals surface area contributed by atoms with Gasteiger partial charge in [-0.05, 0) is 131 Å². The standard InChI is InChI=1S/C66H43NO/c1-3-15-46(16-4-1)56-27-14-28-61-62-43-50(35-42-63(62)68-66(56)61)44-29-36-51(37-30-44)67(52-38-31-47(32-39-52)55-26-13-20-45-17-7-8-21-54(45)55)53-40-33-49(34-41-53)65-60-25-12-10-23-58(60)57-22-9-11-24-59(57)64(65)48-18-5-2-6-19-48/h1-43H. The van der Waals surface area contributed by atoms with Crippen LogP contribution in [0.25, 0.3) is 110 Å². The minimum atomic E-state index is 0.887. The molecule has 0 bridgehead atoms. The highest BCUT2D eigenvalue weighted by Crippen LogP contribution is 2.46. The maximum absolute atomic E-state index is 6.53. The van der Waals surface area contributed by atoms with Crippen molar-refractivity contribution in [3.05, 3.63) is 261 Å². The van der Waals surface area contributed by atoms with E-state index in [1.54, 1.807) is 0 Å². The van der Waals surface area contributed by atoms with Crippen LogP contribution in [0, 0.1) is 0 Å². The topological polar surface area (TPSA) is 16.4 Å². The number of fused-ring (bicyclic) bond motifs is 7. The van der Waals surface area contributed by atoms with Crippen LogP contribution < -0.4 is 4.90 Å². The summed E-state index contributed by atoms with van der Waals surface area (Å²) < 4.78 is 6.53. The predicted octanol–water partition coefficient (Wildman–Crippen LogP) is 18.9. The number of nitrogens with zero attached hydrogens (tertiary/aromatic N) is 1. The highest BCUT2D eigenvalue weighted by Gasteiger charge is 2.20. The van der Waals surface area contributed by atoms with Crippen LogP contribution in [-0.4, -0.2) is 0 Å². The first-order valence-corrected chi connectivity index (χ1v) is 23.3. The van der Waals surface area contributed by atoms with Crippen LogP contribution in [0.1, 0.15) is 0 Å². The molecule has 1 aromatic heterocycles. The summed E-state index contributed by atoms with van der Waals surface area (Å²) >= 11 is 0. The molecule has 2 nitrogen and oxygen atoms in total. The second kappa shape index (κ2) is 16.5. The van der Waals surface area contributed by atoms with Crippen LogP contribution in [0.3, 0.4) is 0 Å². The Labute approximate surface area is 395 Å². The first-order valence-electron chi connectivity index (χ1n) is 23.3. The van der Waals surface area contributed by atoms with Crippen LogP contribution in [-0.2, 0) is 0 Å².